The van der Waals surface area contributed by atoms with E-state index in [0.29, 0.717) is 66.4 Å². The summed E-state index contributed by atoms with van der Waals surface area (Å²) in [6, 6.07) is 25.0. The number of benzene rings is 3. The Labute approximate surface area is 275 Å². The molecule has 11 nitrogen and oxygen atoms in total. The number of likely N-dealkylation sites (tertiary alicyclic amines) is 1. The van der Waals surface area contributed by atoms with Crippen molar-refractivity contribution in [2.75, 3.05) is 25.1 Å². The molecule has 4 heterocycles. The van der Waals surface area contributed by atoms with E-state index < -0.39 is 17.4 Å². The summed E-state index contributed by atoms with van der Waals surface area (Å²) in [5.41, 5.74) is 2.85. The molecule has 0 saturated carbocycles. The van der Waals surface area contributed by atoms with E-state index >= 15 is 0 Å². The van der Waals surface area contributed by atoms with Gasteiger partial charge in [0.1, 0.15) is 36.9 Å². The Hall–Kier alpha value is -5.23. The lowest BCUT2D eigenvalue weighted by atomic mass is 10.1. The second-order valence-electron chi connectivity index (χ2n) is 11.2. The highest BCUT2D eigenvalue weighted by molar-refractivity contribution is 8.15. The van der Waals surface area contributed by atoms with Crippen molar-refractivity contribution in [1.29, 1.82) is 0 Å². The molecule has 1 N–H and O–H groups in total. The molecule has 2 atom stereocenters. The van der Waals surface area contributed by atoms with Crippen LogP contribution in [0.2, 0.25) is 0 Å². The summed E-state index contributed by atoms with van der Waals surface area (Å²) in [7, 11) is 0. The van der Waals surface area contributed by atoms with Gasteiger partial charge in [0, 0.05) is 18.3 Å². The predicted molar refractivity (Wildman–Crippen MR) is 176 cm³/mol. The van der Waals surface area contributed by atoms with E-state index in [4.69, 9.17) is 23.6 Å². The molecule has 0 aliphatic carbocycles. The number of hydrogen-bond donors (Lipinski definition) is 1. The zero-order valence-electron chi connectivity index (χ0n) is 25.4. The van der Waals surface area contributed by atoms with Crippen molar-refractivity contribution in [1.82, 2.24) is 9.80 Å². The number of carbonyl (C=O) groups is 3. The Morgan fingerprint density at radius 3 is 2.55 bits per heavy atom. The fourth-order valence-corrected chi connectivity index (χ4v) is 6.87. The summed E-state index contributed by atoms with van der Waals surface area (Å²) < 4.78 is 22.4. The molecule has 3 aromatic carbocycles. The van der Waals surface area contributed by atoms with Crippen molar-refractivity contribution in [2.45, 2.75) is 37.3 Å². The SMILES string of the molecule is O=C(Nc1ccc(C2S/C(=N\c3ccc4c(c3)OCCO4)N(Cc3ccco3)C2=O)cc1)[C@@H]1CCCN1C(=O)OCc1ccccc1. The van der Waals surface area contributed by atoms with Crippen LogP contribution in [0.1, 0.15) is 35.0 Å². The van der Waals surface area contributed by atoms with E-state index in [-0.39, 0.29) is 25.0 Å². The molecule has 3 amide bonds. The van der Waals surface area contributed by atoms with Crippen molar-refractivity contribution in [3.8, 4) is 11.5 Å². The van der Waals surface area contributed by atoms with Crippen molar-refractivity contribution < 1.29 is 33.0 Å². The molecule has 2 fully saturated rings. The van der Waals surface area contributed by atoms with Crippen LogP contribution in [0.15, 0.2) is 101 Å². The molecule has 1 aromatic heterocycles. The monoisotopic (exact) mass is 652 g/mol. The van der Waals surface area contributed by atoms with Crippen LogP contribution >= 0.6 is 11.8 Å². The van der Waals surface area contributed by atoms with Gasteiger partial charge in [-0.05, 0) is 60.4 Å². The van der Waals surface area contributed by atoms with Crippen LogP contribution in [0.25, 0.3) is 0 Å². The molecule has 7 rings (SSSR count). The maximum atomic E-state index is 13.8. The third kappa shape index (κ3) is 6.82. The van der Waals surface area contributed by atoms with Gasteiger partial charge >= 0.3 is 6.09 Å². The van der Waals surface area contributed by atoms with Gasteiger partial charge in [-0.1, -0.05) is 54.2 Å². The number of nitrogens with one attached hydrogen (secondary N) is 1. The van der Waals surface area contributed by atoms with E-state index in [1.807, 2.05) is 60.7 Å². The molecule has 4 aromatic rings. The normalized spacial score (nSPS) is 19.7. The lowest BCUT2D eigenvalue weighted by molar-refractivity contribution is -0.126. The van der Waals surface area contributed by atoms with Gasteiger partial charge in [-0.15, -0.1) is 0 Å². The molecular formula is C35H32N4O7S. The maximum Gasteiger partial charge on any atom is 0.410 e. The first-order chi connectivity index (χ1) is 23.0. The first-order valence-corrected chi connectivity index (χ1v) is 16.3. The van der Waals surface area contributed by atoms with Crippen LogP contribution in [-0.4, -0.2) is 58.7 Å². The molecule has 12 heteroatoms. The summed E-state index contributed by atoms with van der Waals surface area (Å²) >= 11 is 1.35. The molecule has 3 aliphatic rings. The van der Waals surface area contributed by atoms with Crippen molar-refractivity contribution in [3.05, 3.63) is 108 Å². The second-order valence-corrected chi connectivity index (χ2v) is 12.3. The first-order valence-electron chi connectivity index (χ1n) is 15.4. The van der Waals surface area contributed by atoms with Gasteiger partial charge in [0.05, 0.1) is 18.5 Å². The Morgan fingerprint density at radius 2 is 1.77 bits per heavy atom. The average molecular weight is 653 g/mol. The largest absolute Gasteiger partial charge is 0.486 e. The van der Waals surface area contributed by atoms with Crippen LogP contribution in [0.3, 0.4) is 0 Å². The molecule has 240 valence electrons. The van der Waals surface area contributed by atoms with E-state index in [1.165, 1.54) is 16.7 Å². The molecule has 0 bridgehead atoms. The van der Waals surface area contributed by atoms with E-state index in [9.17, 15) is 14.4 Å². The van der Waals surface area contributed by atoms with E-state index in [2.05, 4.69) is 5.32 Å². The number of hydrogen-bond acceptors (Lipinski definition) is 9. The number of amidine groups is 1. The number of furan rings is 1. The smallest absolute Gasteiger partial charge is 0.410 e. The van der Waals surface area contributed by atoms with Gasteiger partial charge < -0.3 is 23.9 Å². The zero-order valence-corrected chi connectivity index (χ0v) is 26.2. The lowest BCUT2D eigenvalue weighted by Gasteiger charge is -2.23. The van der Waals surface area contributed by atoms with Gasteiger partial charge in [0.15, 0.2) is 16.7 Å². The molecule has 0 radical (unpaired) electrons. The van der Waals surface area contributed by atoms with Crippen LogP contribution in [0, 0.1) is 0 Å². The van der Waals surface area contributed by atoms with Crippen molar-refractivity contribution in [2.24, 2.45) is 4.99 Å². The fourth-order valence-electron chi connectivity index (χ4n) is 5.70. The predicted octanol–water partition coefficient (Wildman–Crippen LogP) is 6.29. The third-order valence-electron chi connectivity index (χ3n) is 8.07. The van der Waals surface area contributed by atoms with E-state index in [0.717, 1.165) is 11.1 Å². The van der Waals surface area contributed by atoms with Crippen molar-refractivity contribution in [3.63, 3.8) is 0 Å². The highest BCUT2D eigenvalue weighted by Gasteiger charge is 2.40. The number of rotatable bonds is 8. The number of carbonyl (C=O) groups excluding carboxylic acids is 3. The number of nitrogens with zero attached hydrogens (tertiary/aromatic N) is 3. The topological polar surface area (TPSA) is 123 Å². The molecule has 2 saturated heterocycles. The van der Waals surface area contributed by atoms with Gasteiger partial charge in [0.2, 0.25) is 11.8 Å². The Balaban J connectivity index is 1.03. The molecular weight excluding hydrogens is 620 g/mol. The number of amides is 3. The average Bonchev–Trinajstić information content (AvgIpc) is 3.87. The number of fused-ring (bicyclic) bond motifs is 1. The maximum absolute atomic E-state index is 13.8. The number of thioether (sulfide) groups is 1. The number of aliphatic imine (C=N–C) groups is 1. The Morgan fingerprint density at radius 1 is 0.957 bits per heavy atom. The minimum Gasteiger partial charge on any atom is -0.486 e. The summed E-state index contributed by atoms with van der Waals surface area (Å²) in [6.07, 6.45) is 2.33. The van der Waals surface area contributed by atoms with Crippen LogP contribution in [-0.2, 0) is 27.5 Å². The van der Waals surface area contributed by atoms with Crippen molar-refractivity contribution >= 4 is 46.2 Å². The standard InChI is InChI=1S/C35H32N4O7S/c40-32(28-9-4-16-38(28)35(42)46-22-23-6-2-1-3-7-23)36-25-12-10-24(11-13-25)31-33(41)39(21-27-8-5-17-43-27)34(47-31)37-26-14-15-29-30(20-26)45-19-18-44-29/h1-3,5-8,10-15,17,20,28,31H,4,9,16,18-19,21-22H2,(H,36,40)/b37-34-/t28-,31?/m0/s1. The summed E-state index contributed by atoms with van der Waals surface area (Å²) in [4.78, 5) is 47.7. The number of anilines is 1. The Kier molecular flexibility index (Phi) is 8.83. The van der Waals surface area contributed by atoms with Gasteiger partial charge in [-0.2, -0.15) is 0 Å². The fraction of sp³-hybridized carbons (Fsp3) is 0.257. The summed E-state index contributed by atoms with van der Waals surface area (Å²) in [5, 5.41) is 2.91. The second kappa shape index (κ2) is 13.6. The molecule has 1 unspecified atom stereocenters. The summed E-state index contributed by atoms with van der Waals surface area (Å²) in [5.74, 6) is 1.50. The lowest BCUT2D eigenvalue weighted by Crippen LogP contribution is -2.43. The quantitative estimate of drug-likeness (QED) is 0.236. The van der Waals surface area contributed by atoms with Crippen LogP contribution in [0.5, 0.6) is 11.5 Å². The highest BCUT2D eigenvalue weighted by Crippen LogP contribution is 2.42. The zero-order chi connectivity index (χ0) is 32.2. The Bertz CT molecular complexity index is 1780. The third-order valence-corrected chi connectivity index (χ3v) is 9.30. The van der Waals surface area contributed by atoms with Crippen LogP contribution in [0.4, 0.5) is 16.2 Å². The summed E-state index contributed by atoms with van der Waals surface area (Å²) in [6.45, 7) is 1.79. The minimum atomic E-state index is -0.626. The van der Waals surface area contributed by atoms with E-state index in [1.54, 1.807) is 35.4 Å². The number of ether oxygens (including phenoxy) is 3. The molecule has 47 heavy (non-hydrogen) atoms. The molecule has 0 spiro atoms. The first kappa shape index (κ1) is 30.4. The van der Waals surface area contributed by atoms with Gasteiger partial charge in [-0.3, -0.25) is 19.4 Å². The highest BCUT2D eigenvalue weighted by atomic mass is 32.2. The van der Waals surface area contributed by atoms with Crippen LogP contribution < -0.4 is 14.8 Å². The minimum absolute atomic E-state index is 0.130. The van der Waals surface area contributed by atoms with Gasteiger partial charge in [0.25, 0.3) is 0 Å². The van der Waals surface area contributed by atoms with Gasteiger partial charge in [-0.25, -0.2) is 9.79 Å². The molecule has 3 aliphatic heterocycles.